The Morgan fingerprint density at radius 2 is 1.87 bits per heavy atom. The van der Waals surface area contributed by atoms with Gasteiger partial charge >= 0.3 is 0 Å². The molecule has 0 unspecified atom stereocenters. The van der Waals surface area contributed by atoms with Gasteiger partial charge in [0.25, 0.3) is 11.1 Å². The fourth-order valence-electron chi connectivity index (χ4n) is 3.21. The molecule has 10 heteroatoms. The number of hydrogen-bond acceptors (Lipinski definition) is 6. The number of rotatable bonds is 5. The molecule has 1 amide bonds. The summed E-state index contributed by atoms with van der Waals surface area (Å²) in [5.74, 6) is 0.334. The molecule has 2 N–H and O–H groups in total. The van der Waals surface area contributed by atoms with E-state index in [1.165, 1.54) is 0 Å². The van der Waals surface area contributed by atoms with Gasteiger partial charge in [0.1, 0.15) is 0 Å². The molecule has 4 aromatic rings. The van der Waals surface area contributed by atoms with Crippen molar-refractivity contribution < 1.29 is 4.79 Å². The highest BCUT2D eigenvalue weighted by atomic mass is 16.2. The Hall–Kier alpha value is -4.08. The quantitative estimate of drug-likeness (QED) is 0.515. The van der Waals surface area contributed by atoms with Crippen molar-refractivity contribution in [1.82, 2.24) is 30.0 Å². The summed E-state index contributed by atoms with van der Waals surface area (Å²) in [5, 5.41) is 17.5. The first kappa shape index (κ1) is 19.2. The number of H-pyrrole nitrogens is 1. The average Bonchev–Trinajstić information content (AvgIpc) is 3.17. The summed E-state index contributed by atoms with van der Waals surface area (Å²) in [7, 11) is 0. The Balaban J connectivity index is 1.51. The Kier molecular flexibility index (Phi) is 4.97. The minimum absolute atomic E-state index is 0.0152. The van der Waals surface area contributed by atoms with Gasteiger partial charge in [-0.05, 0) is 54.1 Å². The van der Waals surface area contributed by atoms with Crippen molar-refractivity contribution in [3.8, 4) is 5.69 Å². The van der Waals surface area contributed by atoms with E-state index < -0.39 is 0 Å². The van der Waals surface area contributed by atoms with Gasteiger partial charge in [0.05, 0.1) is 23.0 Å². The minimum Gasteiger partial charge on any atom is -0.326 e. The summed E-state index contributed by atoms with van der Waals surface area (Å²) < 4.78 is 2.75. The smallest absolute Gasteiger partial charge is 0.273 e. The number of tetrazole rings is 1. The summed E-state index contributed by atoms with van der Waals surface area (Å²) in [6.45, 7) is 3.76. The van der Waals surface area contributed by atoms with Crippen molar-refractivity contribution in [1.29, 1.82) is 0 Å². The fraction of sp³-hybridized carbons (Fsp3) is 0.200. The van der Waals surface area contributed by atoms with Crippen LogP contribution >= 0.6 is 0 Å². The molecule has 2 aromatic heterocycles. The van der Waals surface area contributed by atoms with Crippen LogP contribution in [0.25, 0.3) is 16.5 Å². The molecular formula is C20H19N7O3. The maximum Gasteiger partial charge on any atom is 0.273 e. The topological polar surface area (TPSA) is 128 Å². The zero-order valence-electron chi connectivity index (χ0n) is 16.4. The Bertz CT molecular complexity index is 1370. The molecule has 152 valence electrons. The second kappa shape index (κ2) is 7.74. The number of amides is 1. The third kappa shape index (κ3) is 3.62. The molecule has 0 aliphatic heterocycles. The molecule has 2 aromatic carbocycles. The number of fused-ring (bicyclic) bond motifs is 1. The summed E-state index contributed by atoms with van der Waals surface area (Å²) in [6.07, 6.45) is 0.0152. The number of aryl methyl sites for hydroxylation is 3. The van der Waals surface area contributed by atoms with Gasteiger partial charge in [-0.25, -0.2) is 4.68 Å². The number of carbonyl (C=O) groups excluding carboxylic acids is 1. The first-order chi connectivity index (χ1) is 14.4. The molecular weight excluding hydrogens is 386 g/mol. The van der Waals surface area contributed by atoms with Crippen molar-refractivity contribution in [2.24, 2.45) is 0 Å². The molecule has 0 saturated heterocycles. The number of hydrogen-bond donors (Lipinski definition) is 2. The molecule has 0 radical (unpaired) electrons. The number of aromatic amines is 1. The summed E-state index contributed by atoms with van der Waals surface area (Å²) in [4.78, 5) is 37.1. The van der Waals surface area contributed by atoms with Crippen LogP contribution in [0.3, 0.4) is 0 Å². The van der Waals surface area contributed by atoms with E-state index in [1.54, 1.807) is 48.0 Å². The highest BCUT2D eigenvalue weighted by Crippen LogP contribution is 2.19. The van der Waals surface area contributed by atoms with E-state index in [2.05, 4.69) is 25.9 Å². The maximum absolute atomic E-state index is 12.5. The number of anilines is 1. The Labute approximate surface area is 170 Å². The van der Waals surface area contributed by atoms with Crippen molar-refractivity contribution in [2.45, 2.75) is 26.8 Å². The van der Waals surface area contributed by atoms with Crippen molar-refractivity contribution in [2.75, 3.05) is 5.32 Å². The number of aromatic nitrogens is 6. The lowest BCUT2D eigenvalue weighted by molar-refractivity contribution is -0.116. The van der Waals surface area contributed by atoms with Gasteiger partial charge in [-0.3, -0.25) is 19.5 Å². The van der Waals surface area contributed by atoms with Gasteiger partial charge in [0.2, 0.25) is 5.91 Å². The number of carbonyl (C=O) groups is 1. The third-order valence-corrected chi connectivity index (χ3v) is 4.79. The Morgan fingerprint density at radius 3 is 2.60 bits per heavy atom. The zero-order chi connectivity index (χ0) is 21.3. The maximum atomic E-state index is 12.5. The van der Waals surface area contributed by atoms with Crippen LogP contribution in [0.15, 0.2) is 52.1 Å². The second-order valence-corrected chi connectivity index (χ2v) is 6.88. The van der Waals surface area contributed by atoms with E-state index in [9.17, 15) is 14.4 Å². The van der Waals surface area contributed by atoms with E-state index in [0.717, 1.165) is 15.9 Å². The number of benzene rings is 2. The molecule has 30 heavy (non-hydrogen) atoms. The lowest BCUT2D eigenvalue weighted by atomic mass is 10.1. The van der Waals surface area contributed by atoms with Crippen LogP contribution in [0.1, 0.15) is 17.8 Å². The van der Waals surface area contributed by atoms with Crippen molar-refractivity contribution in [3.63, 3.8) is 0 Å². The minimum atomic E-state index is -0.370. The Morgan fingerprint density at radius 1 is 1.10 bits per heavy atom. The van der Waals surface area contributed by atoms with Crippen LogP contribution in [0.5, 0.6) is 0 Å². The molecule has 0 spiro atoms. The predicted octanol–water partition coefficient (Wildman–Crippen LogP) is 1.31. The van der Waals surface area contributed by atoms with Crippen LogP contribution in [0, 0.1) is 13.8 Å². The highest BCUT2D eigenvalue weighted by Gasteiger charge is 2.11. The van der Waals surface area contributed by atoms with Gasteiger partial charge in [0, 0.05) is 12.1 Å². The van der Waals surface area contributed by atoms with E-state index in [4.69, 9.17) is 0 Å². The molecule has 4 rings (SSSR count). The van der Waals surface area contributed by atoms with Gasteiger partial charge in [-0.1, -0.05) is 18.2 Å². The van der Waals surface area contributed by atoms with Crippen molar-refractivity contribution >= 4 is 22.4 Å². The number of nitrogens with one attached hydrogen (secondary N) is 2. The molecule has 0 aliphatic rings. The highest BCUT2D eigenvalue weighted by molar-refractivity contribution is 5.91. The van der Waals surface area contributed by atoms with Crippen molar-refractivity contribution in [3.05, 3.63) is 74.6 Å². The lowest BCUT2D eigenvalue weighted by Crippen LogP contribution is -2.31. The predicted molar refractivity (Wildman–Crippen MR) is 111 cm³/mol. The van der Waals surface area contributed by atoms with E-state index in [0.29, 0.717) is 22.3 Å². The first-order valence-corrected chi connectivity index (χ1v) is 9.32. The van der Waals surface area contributed by atoms with E-state index in [-0.39, 0.29) is 30.0 Å². The first-order valence-electron chi connectivity index (χ1n) is 9.32. The monoisotopic (exact) mass is 405 g/mol. The normalized spacial score (nSPS) is 11.0. The van der Waals surface area contributed by atoms with Gasteiger partial charge < -0.3 is 5.32 Å². The van der Waals surface area contributed by atoms with Gasteiger partial charge in [-0.15, -0.1) is 5.10 Å². The SMILES string of the molecule is Cc1ccc(NC(=O)CCn2[nH]c(=O)c3ccccc3c2=O)cc1-n1nnnc1C. The standard InChI is InChI=1S/C20H19N7O3/c1-12-7-8-14(11-17(12)27-13(2)22-24-25-27)21-18(28)9-10-26-20(30)16-6-4-3-5-15(16)19(29)23-26/h3-8,11H,9-10H2,1-2H3,(H,21,28)(H,23,29). The number of nitrogens with zero attached hydrogens (tertiary/aromatic N) is 5. The molecule has 0 aliphatic carbocycles. The van der Waals surface area contributed by atoms with Crippen LogP contribution < -0.4 is 16.4 Å². The van der Waals surface area contributed by atoms with Gasteiger partial charge in [0.15, 0.2) is 5.82 Å². The van der Waals surface area contributed by atoms with E-state index in [1.807, 2.05) is 13.0 Å². The van der Waals surface area contributed by atoms with Crippen LogP contribution in [-0.2, 0) is 11.3 Å². The average molecular weight is 405 g/mol. The molecule has 0 fully saturated rings. The lowest BCUT2D eigenvalue weighted by Gasteiger charge is -2.11. The largest absolute Gasteiger partial charge is 0.326 e. The molecule has 0 bridgehead atoms. The summed E-state index contributed by atoms with van der Waals surface area (Å²) in [6, 6.07) is 12.0. The van der Waals surface area contributed by atoms with Crippen LogP contribution in [-0.4, -0.2) is 35.9 Å². The van der Waals surface area contributed by atoms with Crippen LogP contribution in [0.2, 0.25) is 0 Å². The molecule has 2 heterocycles. The fourth-order valence-corrected chi connectivity index (χ4v) is 3.21. The zero-order valence-corrected chi connectivity index (χ0v) is 16.4. The third-order valence-electron chi connectivity index (χ3n) is 4.79. The van der Waals surface area contributed by atoms with E-state index >= 15 is 0 Å². The second-order valence-electron chi connectivity index (χ2n) is 6.88. The molecule has 0 atom stereocenters. The molecule has 10 nitrogen and oxygen atoms in total. The van der Waals surface area contributed by atoms with Crippen LogP contribution in [0.4, 0.5) is 5.69 Å². The van der Waals surface area contributed by atoms with Gasteiger partial charge in [-0.2, -0.15) is 4.68 Å². The summed E-state index contributed by atoms with van der Waals surface area (Å²) in [5.41, 5.74) is 1.57. The summed E-state index contributed by atoms with van der Waals surface area (Å²) >= 11 is 0. The molecule has 0 saturated carbocycles.